The van der Waals surface area contributed by atoms with Gasteiger partial charge in [0.2, 0.25) is 10.0 Å². The minimum atomic E-state index is -3.42. The lowest BCUT2D eigenvalue weighted by atomic mass is 10.3. The van der Waals surface area contributed by atoms with Crippen molar-refractivity contribution in [3.05, 3.63) is 22.7 Å². The molecule has 0 radical (unpaired) electrons. The Morgan fingerprint density at radius 2 is 2.27 bits per heavy atom. The molecule has 82 valence electrons. The van der Waals surface area contributed by atoms with Crippen LogP contribution in [0.1, 0.15) is 6.92 Å². The molecule has 0 bridgehead atoms. The van der Waals surface area contributed by atoms with Crippen molar-refractivity contribution >= 4 is 26.0 Å². The molecule has 1 aliphatic rings. The van der Waals surface area contributed by atoms with Crippen LogP contribution in [0.5, 0.6) is 5.75 Å². The summed E-state index contributed by atoms with van der Waals surface area (Å²) in [7, 11) is -3.42. The number of hydrogen-bond donors (Lipinski definition) is 1. The maximum atomic E-state index is 11.7. The minimum absolute atomic E-state index is 0.171. The predicted octanol–water partition coefficient (Wildman–Crippen LogP) is 1.51. The summed E-state index contributed by atoms with van der Waals surface area (Å²) < 4.78 is 32.3. The molecular weight excluding hydrogens is 282 g/mol. The Balaban J connectivity index is 2.61. The highest BCUT2D eigenvalue weighted by Gasteiger charge is 2.25. The molecule has 0 aliphatic carbocycles. The predicted molar refractivity (Wildman–Crippen MR) is 59.4 cm³/mol. The Morgan fingerprint density at radius 1 is 1.53 bits per heavy atom. The van der Waals surface area contributed by atoms with E-state index in [1.807, 2.05) is 6.92 Å². The molecule has 1 atom stereocenters. The molecule has 0 saturated heterocycles. The zero-order valence-corrected chi connectivity index (χ0v) is 10.4. The highest BCUT2D eigenvalue weighted by atomic mass is 79.9. The van der Waals surface area contributed by atoms with Gasteiger partial charge in [0.1, 0.15) is 16.7 Å². The van der Waals surface area contributed by atoms with Crippen LogP contribution in [-0.2, 0) is 10.0 Å². The Labute approximate surface area is 96.8 Å². The Hall–Kier alpha value is -0.590. The fourth-order valence-corrected chi connectivity index (χ4v) is 2.93. The van der Waals surface area contributed by atoms with Gasteiger partial charge in [-0.15, -0.1) is 0 Å². The molecule has 0 saturated carbocycles. The summed E-state index contributed by atoms with van der Waals surface area (Å²) in [5.41, 5.74) is 0. The number of benzene rings is 1. The summed E-state index contributed by atoms with van der Waals surface area (Å²) in [4.78, 5) is 0.190. The van der Waals surface area contributed by atoms with Gasteiger partial charge in [0.15, 0.2) is 0 Å². The molecule has 1 aromatic carbocycles. The van der Waals surface area contributed by atoms with Gasteiger partial charge in [0, 0.05) is 11.0 Å². The zero-order valence-electron chi connectivity index (χ0n) is 8.03. The van der Waals surface area contributed by atoms with Crippen molar-refractivity contribution in [3.8, 4) is 5.75 Å². The molecule has 0 aromatic heterocycles. The van der Waals surface area contributed by atoms with E-state index in [0.29, 0.717) is 5.75 Å². The van der Waals surface area contributed by atoms with Gasteiger partial charge in [-0.2, -0.15) is 0 Å². The van der Waals surface area contributed by atoms with Crippen molar-refractivity contribution in [1.82, 2.24) is 4.72 Å². The third-order valence-corrected chi connectivity index (χ3v) is 4.04. The van der Waals surface area contributed by atoms with E-state index in [4.69, 9.17) is 4.74 Å². The van der Waals surface area contributed by atoms with E-state index in [0.717, 1.165) is 4.47 Å². The largest absolute Gasteiger partial charge is 0.488 e. The van der Waals surface area contributed by atoms with E-state index in [2.05, 4.69) is 20.7 Å². The topological polar surface area (TPSA) is 55.4 Å². The van der Waals surface area contributed by atoms with E-state index in [-0.39, 0.29) is 17.5 Å². The molecule has 0 fully saturated rings. The third kappa shape index (κ3) is 2.16. The molecule has 0 spiro atoms. The molecule has 4 nitrogen and oxygen atoms in total. The van der Waals surface area contributed by atoms with Crippen LogP contribution >= 0.6 is 15.9 Å². The molecule has 15 heavy (non-hydrogen) atoms. The van der Waals surface area contributed by atoms with Gasteiger partial charge in [0.05, 0.1) is 0 Å². The molecule has 1 N–H and O–H groups in total. The molecule has 1 aromatic rings. The summed E-state index contributed by atoms with van der Waals surface area (Å²) in [5.74, 6) is 0.391. The number of hydrogen-bond acceptors (Lipinski definition) is 3. The summed E-state index contributed by atoms with van der Waals surface area (Å²) in [5, 5.41) is 0. The number of ether oxygens (including phenoxy) is 1. The average Bonchev–Trinajstić information content (AvgIpc) is 2.24. The Kier molecular flexibility index (Phi) is 2.74. The van der Waals surface area contributed by atoms with Crippen LogP contribution in [0.4, 0.5) is 0 Å². The van der Waals surface area contributed by atoms with Crippen molar-refractivity contribution in [2.24, 2.45) is 0 Å². The molecule has 2 rings (SSSR count). The number of nitrogens with one attached hydrogen (secondary N) is 1. The van der Waals surface area contributed by atoms with Crippen LogP contribution < -0.4 is 9.46 Å². The van der Waals surface area contributed by atoms with E-state index in [9.17, 15) is 8.42 Å². The number of fused-ring (bicyclic) bond motifs is 1. The van der Waals surface area contributed by atoms with Gasteiger partial charge in [-0.05, 0) is 25.1 Å². The second-order valence-corrected chi connectivity index (χ2v) is 6.02. The molecule has 0 unspecified atom stereocenters. The first-order valence-electron chi connectivity index (χ1n) is 4.45. The summed E-state index contributed by atoms with van der Waals surface area (Å²) >= 11 is 3.28. The lowest BCUT2D eigenvalue weighted by Gasteiger charge is -2.10. The molecule has 6 heteroatoms. The first kappa shape index (κ1) is 10.9. The van der Waals surface area contributed by atoms with Crippen LogP contribution in [0, 0.1) is 0 Å². The van der Waals surface area contributed by atoms with Crippen molar-refractivity contribution < 1.29 is 13.2 Å². The quantitative estimate of drug-likeness (QED) is 0.788. The Bertz CT molecular complexity index is 486. The molecular formula is C9H10BrNO3S. The van der Waals surface area contributed by atoms with Gasteiger partial charge in [-0.3, -0.25) is 0 Å². The fraction of sp³-hybridized carbons (Fsp3) is 0.333. The van der Waals surface area contributed by atoms with Gasteiger partial charge in [0.25, 0.3) is 0 Å². The van der Waals surface area contributed by atoms with Crippen LogP contribution in [0.15, 0.2) is 27.6 Å². The van der Waals surface area contributed by atoms with Crippen molar-refractivity contribution in [3.63, 3.8) is 0 Å². The van der Waals surface area contributed by atoms with Crippen molar-refractivity contribution in [2.75, 3.05) is 6.54 Å². The molecule has 1 heterocycles. The molecule has 1 aliphatic heterocycles. The fourth-order valence-electron chi connectivity index (χ4n) is 1.36. The highest BCUT2D eigenvalue weighted by molar-refractivity contribution is 9.10. The van der Waals surface area contributed by atoms with Gasteiger partial charge < -0.3 is 4.74 Å². The first-order chi connectivity index (χ1) is 6.99. The smallest absolute Gasteiger partial charge is 0.244 e. The average molecular weight is 292 g/mol. The first-order valence-corrected chi connectivity index (χ1v) is 6.72. The van der Waals surface area contributed by atoms with E-state index in [1.54, 1.807) is 12.1 Å². The zero-order chi connectivity index (χ0) is 11.1. The second kappa shape index (κ2) is 3.77. The summed E-state index contributed by atoms with van der Waals surface area (Å²) in [6, 6.07) is 4.87. The summed E-state index contributed by atoms with van der Waals surface area (Å²) in [6.45, 7) is 2.10. The standard InChI is InChI=1S/C9H10BrNO3S/c1-6-5-11-15(12,13)9-3-2-7(10)4-8(9)14-6/h2-4,6,11H,5H2,1H3/t6-/m1/s1. The number of sulfonamides is 1. The van der Waals surface area contributed by atoms with Crippen LogP contribution in [0.3, 0.4) is 0 Å². The summed E-state index contributed by atoms with van der Waals surface area (Å²) in [6.07, 6.45) is -0.171. The van der Waals surface area contributed by atoms with E-state index in [1.165, 1.54) is 6.07 Å². The van der Waals surface area contributed by atoms with Gasteiger partial charge >= 0.3 is 0 Å². The van der Waals surface area contributed by atoms with Crippen LogP contribution in [0.25, 0.3) is 0 Å². The number of rotatable bonds is 0. The van der Waals surface area contributed by atoms with Gasteiger partial charge in [-0.1, -0.05) is 15.9 Å². The second-order valence-electron chi connectivity index (χ2n) is 3.37. The Morgan fingerprint density at radius 3 is 3.00 bits per heavy atom. The van der Waals surface area contributed by atoms with Crippen LogP contribution in [0.2, 0.25) is 0 Å². The monoisotopic (exact) mass is 291 g/mol. The minimum Gasteiger partial charge on any atom is -0.488 e. The number of halogens is 1. The maximum Gasteiger partial charge on any atom is 0.244 e. The molecule has 0 amide bonds. The normalized spacial score (nSPS) is 23.7. The van der Waals surface area contributed by atoms with Crippen molar-refractivity contribution in [1.29, 1.82) is 0 Å². The SMILES string of the molecule is C[C@@H]1CNS(=O)(=O)c2ccc(Br)cc2O1. The van der Waals surface area contributed by atoms with E-state index >= 15 is 0 Å². The van der Waals surface area contributed by atoms with E-state index < -0.39 is 10.0 Å². The third-order valence-electron chi connectivity index (χ3n) is 2.08. The maximum absolute atomic E-state index is 11.7. The lowest BCUT2D eigenvalue weighted by molar-refractivity contribution is 0.224. The lowest BCUT2D eigenvalue weighted by Crippen LogP contribution is -2.29. The highest BCUT2D eigenvalue weighted by Crippen LogP contribution is 2.29. The van der Waals surface area contributed by atoms with Crippen LogP contribution in [-0.4, -0.2) is 21.1 Å². The van der Waals surface area contributed by atoms with Gasteiger partial charge in [-0.25, -0.2) is 13.1 Å². The van der Waals surface area contributed by atoms with Crippen molar-refractivity contribution in [2.45, 2.75) is 17.9 Å².